The summed E-state index contributed by atoms with van der Waals surface area (Å²) in [6, 6.07) is 10.5. The van der Waals surface area contributed by atoms with E-state index < -0.39 is 10.7 Å². The molecule has 0 N–H and O–H groups in total. The molecule has 2 aromatic rings. The zero-order valence-electron chi connectivity index (χ0n) is 9.59. The Kier molecular flexibility index (Phi) is 3.23. The van der Waals surface area contributed by atoms with Crippen LogP contribution in [0.1, 0.15) is 0 Å². The Morgan fingerprint density at radius 1 is 1.17 bits per heavy atom. The molecule has 0 fully saturated rings. The first-order valence-corrected chi connectivity index (χ1v) is 5.20. The summed E-state index contributed by atoms with van der Waals surface area (Å²) < 4.78 is 18.1. The van der Waals surface area contributed by atoms with Gasteiger partial charge in [-0.2, -0.15) is 0 Å². The Morgan fingerprint density at radius 2 is 1.89 bits per heavy atom. The third kappa shape index (κ3) is 2.29. The van der Waals surface area contributed by atoms with Crippen LogP contribution in [-0.4, -0.2) is 12.0 Å². The van der Waals surface area contributed by atoms with Crippen molar-refractivity contribution in [3.8, 4) is 16.9 Å². The van der Waals surface area contributed by atoms with Crippen molar-refractivity contribution >= 4 is 5.69 Å². The van der Waals surface area contributed by atoms with Crippen molar-refractivity contribution in [2.24, 2.45) is 0 Å². The third-order valence-corrected chi connectivity index (χ3v) is 2.54. The lowest BCUT2D eigenvalue weighted by Crippen LogP contribution is -1.90. The summed E-state index contributed by atoms with van der Waals surface area (Å²) >= 11 is 0. The molecule has 0 radical (unpaired) electrons. The second-order valence-electron chi connectivity index (χ2n) is 3.66. The van der Waals surface area contributed by atoms with Crippen molar-refractivity contribution in [1.82, 2.24) is 0 Å². The number of non-ortho nitro benzene ring substituents is 1. The Morgan fingerprint density at radius 3 is 2.56 bits per heavy atom. The van der Waals surface area contributed by atoms with E-state index in [1.807, 2.05) is 0 Å². The lowest BCUT2D eigenvalue weighted by molar-refractivity contribution is -0.384. The van der Waals surface area contributed by atoms with Gasteiger partial charge in [0.05, 0.1) is 12.0 Å². The number of ether oxygens (including phenoxy) is 1. The zero-order chi connectivity index (χ0) is 13.1. The van der Waals surface area contributed by atoms with Gasteiger partial charge in [-0.15, -0.1) is 0 Å². The molecule has 0 atom stereocenters. The van der Waals surface area contributed by atoms with E-state index in [9.17, 15) is 14.5 Å². The second-order valence-corrected chi connectivity index (χ2v) is 3.66. The van der Waals surface area contributed by atoms with Gasteiger partial charge < -0.3 is 4.74 Å². The molecule has 2 rings (SSSR count). The lowest BCUT2D eigenvalue weighted by atomic mass is 10.0. The number of rotatable bonds is 3. The number of halogens is 1. The Hall–Kier alpha value is -2.43. The van der Waals surface area contributed by atoms with Crippen molar-refractivity contribution in [2.75, 3.05) is 7.11 Å². The van der Waals surface area contributed by atoms with Crippen molar-refractivity contribution in [3.63, 3.8) is 0 Å². The molecule has 2 aromatic carbocycles. The number of nitro benzene ring substituents is 1. The van der Waals surface area contributed by atoms with Gasteiger partial charge >= 0.3 is 0 Å². The third-order valence-electron chi connectivity index (χ3n) is 2.54. The summed E-state index contributed by atoms with van der Waals surface area (Å²) in [6.45, 7) is 0. The van der Waals surface area contributed by atoms with Gasteiger partial charge in [0.2, 0.25) is 0 Å². The normalized spacial score (nSPS) is 10.1. The molecule has 0 heterocycles. The van der Waals surface area contributed by atoms with Crippen LogP contribution in [0.4, 0.5) is 10.1 Å². The zero-order valence-corrected chi connectivity index (χ0v) is 9.59. The van der Waals surface area contributed by atoms with Crippen LogP contribution in [0.15, 0.2) is 42.5 Å². The van der Waals surface area contributed by atoms with Crippen molar-refractivity contribution in [1.29, 1.82) is 0 Å². The molecule has 0 amide bonds. The van der Waals surface area contributed by atoms with Crippen molar-refractivity contribution < 1.29 is 14.1 Å². The quantitative estimate of drug-likeness (QED) is 0.617. The highest BCUT2D eigenvalue weighted by molar-refractivity contribution is 5.67. The maximum absolute atomic E-state index is 13.3. The molecule has 5 heteroatoms. The number of hydrogen-bond donors (Lipinski definition) is 0. The minimum Gasteiger partial charge on any atom is -0.494 e. The van der Waals surface area contributed by atoms with Gasteiger partial charge in [0.15, 0.2) is 11.6 Å². The van der Waals surface area contributed by atoms with Gasteiger partial charge in [-0.1, -0.05) is 18.2 Å². The highest BCUT2D eigenvalue weighted by Gasteiger charge is 2.09. The number of hydrogen-bond acceptors (Lipinski definition) is 3. The minimum atomic E-state index is -0.468. The van der Waals surface area contributed by atoms with Gasteiger partial charge in [-0.05, 0) is 23.3 Å². The fraction of sp³-hybridized carbons (Fsp3) is 0.0769. The van der Waals surface area contributed by atoms with Crippen LogP contribution < -0.4 is 4.74 Å². The molecule has 18 heavy (non-hydrogen) atoms. The van der Waals surface area contributed by atoms with E-state index >= 15 is 0 Å². The van der Waals surface area contributed by atoms with E-state index in [1.165, 1.54) is 31.4 Å². The standard InChI is InChI=1S/C13H10FNO3/c1-18-13-8-10(5-6-12(13)14)9-3-2-4-11(7-9)15(16)17/h2-8H,1H3. The smallest absolute Gasteiger partial charge is 0.270 e. The first kappa shape index (κ1) is 12.0. The SMILES string of the molecule is COc1cc(-c2cccc([N+](=O)[O-])c2)ccc1F. The Bertz CT molecular complexity index is 599. The summed E-state index contributed by atoms with van der Waals surface area (Å²) in [5.41, 5.74) is 1.30. The van der Waals surface area contributed by atoms with Gasteiger partial charge in [0.1, 0.15) is 0 Å². The fourth-order valence-electron chi connectivity index (χ4n) is 1.64. The van der Waals surface area contributed by atoms with Crippen molar-refractivity contribution in [3.05, 3.63) is 58.4 Å². The maximum atomic E-state index is 13.3. The van der Waals surface area contributed by atoms with Gasteiger partial charge in [0.25, 0.3) is 5.69 Å². The van der Waals surface area contributed by atoms with E-state index in [0.717, 1.165) is 0 Å². The molecular formula is C13H10FNO3. The number of nitrogens with zero attached hydrogens (tertiary/aromatic N) is 1. The van der Waals surface area contributed by atoms with Crippen LogP contribution in [0.25, 0.3) is 11.1 Å². The van der Waals surface area contributed by atoms with Gasteiger partial charge in [0, 0.05) is 12.1 Å². The predicted molar refractivity (Wildman–Crippen MR) is 65.0 cm³/mol. The molecule has 0 aromatic heterocycles. The minimum absolute atomic E-state index is 0.00390. The summed E-state index contributed by atoms with van der Waals surface area (Å²) in [6.07, 6.45) is 0. The summed E-state index contributed by atoms with van der Waals surface area (Å²) in [5.74, 6) is -0.356. The number of nitro groups is 1. The summed E-state index contributed by atoms with van der Waals surface area (Å²) in [5, 5.41) is 10.7. The molecule has 0 saturated heterocycles. The molecule has 0 bridgehead atoms. The first-order valence-electron chi connectivity index (χ1n) is 5.20. The molecule has 4 nitrogen and oxygen atoms in total. The van der Waals surface area contributed by atoms with E-state index in [-0.39, 0.29) is 11.4 Å². The van der Waals surface area contributed by atoms with Crippen LogP contribution >= 0.6 is 0 Å². The Labute approximate surface area is 103 Å². The summed E-state index contributed by atoms with van der Waals surface area (Å²) in [4.78, 5) is 10.2. The largest absolute Gasteiger partial charge is 0.494 e. The Balaban J connectivity index is 2.48. The van der Waals surface area contributed by atoms with E-state index in [2.05, 4.69) is 0 Å². The highest BCUT2D eigenvalue weighted by Crippen LogP contribution is 2.28. The van der Waals surface area contributed by atoms with Crippen LogP contribution in [0, 0.1) is 15.9 Å². The fourth-order valence-corrected chi connectivity index (χ4v) is 1.64. The molecule has 0 saturated carbocycles. The molecule has 0 unspecified atom stereocenters. The molecule has 0 spiro atoms. The van der Waals surface area contributed by atoms with Crippen LogP contribution in [-0.2, 0) is 0 Å². The van der Waals surface area contributed by atoms with Crippen LogP contribution in [0.3, 0.4) is 0 Å². The molecular weight excluding hydrogens is 237 g/mol. The second kappa shape index (κ2) is 4.83. The average molecular weight is 247 g/mol. The number of benzene rings is 2. The van der Waals surface area contributed by atoms with Gasteiger partial charge in [-0.3, -0.25) is 10.1 Å². The van der Waals surface area contributed by atoms with Crippen molar-refractivity contribution in [2.45, 2.75) is 0 Å². The van der Waals surface area contributed by atoms with E-state index in [1.54, 1.807) is 18.2 Å². The molecule has 0 aliphatic rings. The molecule has 92 valence electrons. The van der Waals surface area contributed by atoms with Crippen LogP contribution in [0.5, 0.6) is 5.75 Å². The summed E-state index contributed by atoms with van der Waals surface area (Å²) in [7, 11) is 1.37. The van der Waals surface area contributed by atoms with E-state index in [0.29, 0.717) is 11.1 Å². The monoisotopic (exact) mass is 247 g/mol. The van der Waals surface area contributed by atoms with E-state index in [4.69, 9.17) is 4.74 Å². The maximum Gasteiger partial charge on any atom is 0.270 e. The van der Waals surface area contributed by atoms with Crippen LogP contribution in [0.2, 0.25) is 0 Å². The lowest BCUT2D eigenvalue weighted by Gasteiger charge is -2.05. The first-order chi connectivity index (χ1) is 8.61. The highest BCUT2D eigenvalue weighted by atomic mass is 19.1. The topological polar surface area (TPSA) is 52.4 Å². The average Bonchev–Trinajstić information content (AvgIpc) is 2.39. The molecule has 0 aliphatic carbocycles. The predicted octanol–water partition coefficient (Wildman–Crippen LogP) is 3.41. The van der Waals surface area contributed by atoms with Gasteiger partial charge in [-0.25, -0.2) is 4.39 Å². The molecule has 0 aliphatic heterocycles. The number of methoxy groups -OCH3 is 1.